The molecule has 49 heavy (non-hydrogen) atoms. The van der Waals surface area contributed by atoms with Crippen LogP contribution >= 0.6 is 23.1 Å². The summed E-state index contributed by atoms with van der Waals surface area (Å²) < 4.78 is 69.2. The number of alkyl halides is 3. The molecule has 0 radical (unpaired) electrons. The fourth-order valence-electron chi connectivity index (χ4n) is 5.41. The van der Waals surface area contributed by atoms with Crippen LogP contribution < -0.4 is 5.43 Å². The number of carbonyl (C=O) groups is 1. The molecule has 6 aromatic rings. The Bertz CT molecular complexity index is 2130. The molecule has 0 atom stereocenters. The van der Waals surface area contributed by atoms with Crippen LogP contribution in [0.5, 0.6) is 0 Å². The first-order chi connectivity index (χ1) is 23.6. The van der Waals surface area contributed by atoms with E-state index in [-0.39, 0.29) is 35.7 Å². The van der Waals surface area contributed by atoms with Crippen molar-refractivity contribution in [1.82, 2.24) is 14.5 Å². The summed E-state index contributed by atoms with van der Waals surface area (Å²) in [5.74, 6) is -2.13. The summed E-state index contributed by atoms with van der Waals surface area (Å²) in [7, 11) is 0. The topological polar surface area (TPSA) is 55.2 Å². The van der Waals surface area contributed by atoms with Crippen molar-refractivity contribution in [3.63, 3.8) is 0 Å². The van der Waals surface area contributed by atoms with Crippen LogP contribution in [0.1, 0.15) is 21.7 Å². The highest BCUT2D eigenvalue weighted by Gasteiger charge is 2.30. The van der Waals surface area contributed by atoms with E-state index in [2.05, 4.69) is 4.98 Å². The molecule has 0 saturated heterocycles. The molecular weight excluding hydrogens is 678 g/mol. The maximum Gasteiger partial charge on any atom is 0.416 e. The maximum atomic E-state index is 14.5. The van der Waals surface area contributed by atoms with Gasteiger partial charge in [0.1, 0.15) is 6.54 Å². The van der Waals surface area contributed by atoms with Gasteiger partial charge in [0.05, 0.1) is 21.1 Å². The van der Waals surface area contributed by atoms with Crippen LogP contribution in [0.25, 0.3) is 22.0 Å². The second-order valence-corrected chi connectivity index (χ2v) is 13.2. The standard InChI is InChI=1S/C37H28F5N3O2S2/c38-30-6-3-4-27(36(30)39)23-49-35-20-32(46)29-5-1-2-7-31(29)45(35)22-34(47)44(18-16-33-43-17-19-48-33)21-24-8-10-25(11-9-24)26-12-14-28(15-13-26)37(40,41)42/h1-15,17,19-20H,16,18,21-23H2. The first kappa shape index (κ1) is 34.1. The monoisotopic (exact) mass is 705 g/mol. The number of benzene rings is 4. The zero-order valence-corrected chi connectivity index (χ0v) is 27.4. The molecule has 2 heterocycles. The van der Waals surface area contributed by atoms with Gasteiger partial charge in [-0.1, -0.05) is 60.7 Å². The Balaban J connectivity index is 1.27. The van der Waals surface area contributed by atoms with Gasteiger partial charge in [0, 0.05) is 53.9 Å². The van der Waals surface area contributed by atoms with Crippen LogP contribution in [0.3, 0.4) is 0 Å². The molecule has 0 aliphatic heterocycles. The summed E-state index contributed by atoms with van der Waals surface area (Å²) in [6.45, 7) is 0.463. The lowest BCUT2D eigenvalue weighted by Gasteiger charge is -2.25. The van der Waals surface area contributed by atoms with Gasteiger partial charge >= 0.3 is 6.18 Å². The van der Waals surface area contributed by atoms with Crippen LogP contribution in [0.2, 0.25) is 0 Å². The van der Waals surface area contributed by atoms with Crippen molar-refractivity contribution in [3.8, 4) is 11.1 Å². The molecule has 0 aliphatic rings. The highest BCUT2D eigenvalue weighted by atomic mass is 32.2. The lowest BCUT2D eigenvalue weighted by molar-refractivity contribution is -0.137. The van der Waals surface area contributed by atoms with E-state index >= 15 is 0 Å². The summed E-state index contributed by atoms with van der Waals surface area (Å²) in [5.41, 5.74) is 1.86. The molecule has 1 amide bonds. The largest absolute Gasteiger partial charge is 0.416 e. The number of aromatic nitrogens is 2. The molecule has 6 rings (SSSR count). The van der Waals surface area contributed by atoms with Gasteiger partial charge in [0.2, 0.25) is 5.91 Å². The molecule has 250 valence electrons. The van der Waals surface area contributed by atoms with Crippen LogP contribution in [0.15, 0.2) is 118 Å². The molecule has 12 heteroatoms. The van der Waals surface area contributed by atoms with E-state index < -0.39 is 23.4 Å². The number of hydrogen-bond donors (Lipinski definition) is 0. The predicted molar refractivity (Wildman–Crippen MR) is 182 cm³/mol. The van der Waals surface area contributed by atoms with Crippen molar-refractivity contribution in [1.29, 1.82) is 0 Å². The number of para-hydroxylation sites is 1. The molecule has 2 aromatic heterocycles. The number of fused-ring (bicyclic) bond motifs is 1. The van der Waals surface area contributed by atoms with Crippen LogP contribution in [0, 0.1) is 11.6 Å². The molecule has 0 bridgehead atoms. The van der Waals surface area contributed by atoms with E-state index in [4.69, 9.17) is 0 Å². The molecular formula is C37H28F5N3O2S2. The Hall–Kier alpha value is -4.81. The fourth-order valence-corrected chi connectivity index (χ4v) is 7.05. The Morgan fingerprint density at radius 2 is 1.61 bits per heavy atom. The number of carbonyl (C=O) groups excluding carboxylic acids is 1. The highest BCUT2D eigenvalue weighted by Crippen LogP contribution is 2.31. The van der Waals surface area contributed by atoms with Gasteiger partial charge in [-0.2, -0.15) is 13.2 Å². The number of thioether (sulfide) groups is 1. The molecule has 0 N–H and O–H groups in total. The molecule has 0 aliphatic carbocycles. The lowest BCUT2D eigenvalue weighted by atomic mass is 10.0. The Morgan fingerprint density at radius 1 is 0.898 bits per heavy atom. The molecule has 5 nitrogen and oxygen atoms in total. The number of halogens is 5. The van der Waals surface area contributed by atoms with Crippen LogP contribution in [0.4, 0.5) is 22.0 Å². The summed E-state index contributed by atoms with van der Waals surface area (Å²) in [6, 6.07) is 24.5. The lowest BCUT2D eigenvalue weighted by Crippen LogP contribution is -2.35. The Kier molecular flexibility index (Phi) is 10.3. The molecule has 0 saturated carbocycles. The number of hydrogen-bond acceptors (Lipinski definition) is 5. The van der Waals surface area contributed by atoms with Crippen LogP contribution in [-0.4, -0.2) is 26.9 Å². The average molecular weight is 706 g/mol. The highest BCUT2D eigenvalue weighted by molar-refractivity contribution is 7.98. The average Bonchev–Trinajstić information content (AvgIpc) is 3.62. The van der Waals surface area contributed by atoms with Crippen molar-refractivity contribution < 1.29 is 26.7 Å². The summed E-state index contributed by atoms with van der Waals surface area (Å²) in [6.07, 6.45) is -2.21. The first-order valence-electron chi connectivity index (χ1n) is 15.2. The van der Waals surface area contributed by atoms with Gasteiger partial charge in [-0.15, -0.1) is 23.1 Å². The first-order valence-corrected chi connectivity index (χ1v) is 17.0. The number of thiazole rings is 1. The fraction of sp³-hybridized carbons (Fsp3) is 0.162. The number of pyridine rings is 1. The van der Waals surface area contributed by atoms with Gasteiger partial charge in [0.25, 0.3) is 0 Å². The Morgan fingerprint density at radius 3 is 2.31 bits per heavy atom. The van der Waals surface area contributed by atoms with Gasteiger partial charge in [-0.25, -0.2) is 13.8 Å². The minimum absolute atomic E-state index is 0.0363. The maximum absolute atomic E-state index is 14.5. The summed E-state index contributed by atoms with van der Waals surface area (Å²) in [4.78, 5) is 33.2. The molecule has 4 aromatic carbocycles. The molecule has 0 fully saturated rings. The van der Waals surface area contributed by atoms with Gasteiger partial charge in [0.15, 0.2) is 17.1 Å². The van der Waals surface area contributed by atoms with E-state index in [1.165, 1.54) is 41.7 Å². The second-order valence-electron chi connectivity index (χ2n) is 11.2. The normalized spacial score (nSPS) is 11.6. The molecule has 0 spiro atoms. The number of amides is 1. The van der Waals surface area contributed by atoms with Gasteiger partial charge in [-0.3, -0.25) is 9.59 Å². The van der Waals surface area contributed by atoms with Gasteiger partial charge < -0.3 is 9.47 Å². The second kappa shape index (κ2) is 14.8. The summed E-state index contributed by atoms with van der Waals surface area (Å²) >= 11 is 2.62. The van der Waals surface area contributed by atoms with E-state index in [9.17, 15) is 31.5 Å². The van der Waals surface area contributed by atoms with Crippen molar-refractivity contribution >= 4 is 39.9 Å². The van der Waals surface area contributed by atoms with E-state index in [0.717, 1.165) is 46.1 Å². The zero-order valence-electron chi connectivity index (χ0n) is 25.8. The van der Waals surface area contributed by atoms with Crippen molar-refractivity contribution in [2.45, 2.75) is 36.5 Å². The molecule has 0 unspecified atom stereocenters. The van der Waals surface area contributed by atoms with Crippen molar-refractivity contribution in [2.75, 3.05) is 6.54 Å². The van der Waals surface area contributed by atoms with E-state index in [0.29, 0.717) is 34.5 Å². The van der Waals surface area contributed by atoms with E-state index in [1.54, 1.807) is 52.1 Å². The smallest absolute Gasteiger partial charge is 0.336 e. The van der Waals surface area contributed by atoms with Crippen molar-refractivity contribution in [3.05, 3.63) is 152 Å². The predicted octanol–water partition coefficient (Wildman–Crippen LogP) is 8.99. The third kappa shape index (κ3) is 8.09. The van der Waals surface area contributed by atoms with Gasteiger partial charge in [-0.05, 0) is 47.0 Å². The Labute approximate surface area is 286 Å². The zero-order chi connectivity index (χ0) is 34.5. The SMILES string of the molecule is O=C(Cn1c(SCc2cccc(F)c2F)cc(=O)c2ccccc21)N(CCc1nccs1)Cc1ccc(-c2ccc(C(F)(F)F)cc2)cc1. The number of nitrogens with zero attached hydrogens (tertiary/aromatic N) is 3. The minimum Gasteiger partial charge on any atom is -0.336 e. The quantitative estimate of drug-likeness (QED) is 0.0998. The third-order valence-corrected chi connectivity index (χ3v) is 9.91. The third-order valence-electron chi connectivity index (χ3n) is 7.99. The minimum atomic E-state index is -4.42. The van der Waals surface area contributed by atoms with E-state index in [1.807, 2.05) is 17.5 Å². The van der Waals surface area contributed by atoms with Crippen LogP contribution in [-0.2, 0) is 36.2 Å². The summed E-state index contributed by atoms with van der Waals surface area (Å²) in [5, 5.41) is 3.57. The van der Waals surface area contributed by atoms with Crippen molar-refractivity contribution in [2.24, 2.45) is 0 Å². The number of rotatable bonds is 11.